The SMILES string of the molecule is O=C(CSc1ccc2ccccc2n1)N[C@H](c1ccccc1)c1cccs1. The molecule has 1 amide bonds. The van der Waals surface area contributed by atoms with Crippen LogP contribution in [0.3, 0.4) is 0 Å². The van der Waals surface area contributed by atoms with Gasteiger partial charge >= 0.3 is 0 Å². The van der Waals surface area contributed by atoms with E-state index in [9.17, 15) is 4.79 Å². The van der Waals surface area contributed by atoms with Gasteiger partial charge in [0.2, 0.25) is 5.91 Å². The number of hydrogen-bond acceptors (Lipinski definition) is 4. The topological polar surface area (TPSA) is 42.0 Å². The second-order valence-electron chi connectivity index (χ2n) is 6.06. The summed E-state index contributed by atoms with van der Waals surface area (Å²) in [5.41, 5.74) is 2.03. The molecular weight excluding hydrogens is 372 g/mol. The number of amides is 1. The number of fused-ring (bicyclic) bond motifs is 1. The van der Waals surface area contributed by atoms with Crippen molar-refractivity contribution in [1.29, 1.82) is 0 Å². The molecule has 0 aliphatic carbocycles. The van der Waals surface area contributed by atoms with Gasteiger partial charge in [-0.3, -0.25) is 4.79 Å². The summed E-state index contributed by atoms with van der Waals surface area (Å²) >= 11 is 3.11. The van der Waals surface area contributed by atoms with Crippen LogP contribution in [0.15, 0.2) is 89.3 Å². The highest BCUT2D eigenvalue weighted by molar-refractivity contribution is 7.99. The number of carbonyl (C=O) groups is 1. The van der Waals surface area contributed by atoms with Gasteiger partial charge in [-0.1, -0.05) is 72.4 Å². The van der Waals surface area contributed by atoms with Gasteiger partial charge in [0, 0.05) is 10.3 Å². The number of pyridine rings is 1. The third-order valence-corrected chi connectivity index (χ3v) is 6.06. The molecule has 1 N–H and O–H groups in total. The highest BCUT2D eigenvalue weighted by atomic mass is 32.2. The molecule has 0 saturated heterocycles. The van der Waals surface area contributed by atoms with Crippen LogP contribution in [-0.2, 0) is 4.79 Å². The van der Waals surface area contributed by atoms with Gasteiger partial charge in [0.25, 0.3) is 0 Å². The summed E-state index contributed by atoms with van der Waals surface area (Å²) in [5.74, 6) is 0.331. The number of aromatic nitrogens is 1. The van der Waals surface area contributed by atoms with Gasteiger partial charge < -0.3 is 5.32 Å². The van der Waals surface area contributed by atoms with Crippen LogP contribution < -0.4 is 5.32 Å². The van der Waals surface area contributed by atoms with E-state index in [1.807, 2.05) is 78.2 Å². The zero-order chi connectivity index (χ0) is 18.5. The number of rotatable bonds is 6. The lowest BCUT2D eigenvalue weighted by molar-refractivity contribution is -0.119. The number of thioether (sulfide) groups is 1. The molecule has 0 radical (unpaired) electrons. The molecule has 5 heteroatoms. The smallest absolute Gasteiger partial charge is 0.231 e. The largest absolute Gasteiger partial charge is 0.344 e. The minimum absolute atomic E-state index is 0.00258. The number of para-hydroxylation sites is 1. The van der Waals surface area contributed by atoms with Gasteiger partial charge in [0.15, 0.2) is 0 Å². The van der Waals surface area contributed by atoms with Crippen molar-refractivity contribution >= 4 is 39.9 Å². The van der Waals surface area contributed by atoms with Gasteiger partial charge in [-0.2, -0.15) is 0 Å². The molecule has 4 aromatic rings. The van der Waals surface area contributed by atoms with E-state index in [1.54, 1.807) is 11.3 Å². The number of nitrogens with one attached hydrogen (secondary N) is 1. The summed E-state index contributed by atoms with van der Waals surface area (Å²) in [6.45, 7) is 0. The minimum atomic E-state index is -0.121. The summed E-state index contributed by atoms with van der Waals surface area (Å²) in [6, 6.07) is 26.0. The zero-order valence-electron chi connectivity index (χ0n) is 14.5. The average Bonchev–Trinajstić information content (AvgIpc) is 3.25. The lowest BCUT2D eigenvalue weighted by Gasteiger charge is -2.18. The number of hydrogen-bond donors (Lipinski definition) is 1. The van der Waals surface area contributed by atoms with Crippen LogP contribution in [0.1, 0.15) is 16.5 Å². The van der Waals surface area contributed by atoms with E-state index < -0.39 is 0 Å². The van der Waals surface area contributed by atoms with Crippen LogP contribution in [0, 0.1) is 0 Å². The van der Waals surface area contributed by atoms with E-state index in [2.05, 4.69) is 16.4 Å². The summed E-state index contributed by atoms with van der Waals surface area (Å²) in [6.07, 6.45) is 0. The Kier molecular flexibility index (Phi) is 5.51. The molecule has 134 valence electrons. The lowest BCUT2D eigenvalue weighted by atomic mass is 10.1. The third-order valence-electron chi connectivity index (χ3n) is 4.19. The minimum Gasteiger partial charge on any atom is -0.344 e. The van der Waals surface area contributed by atoms with Crippen molar-refractivity contribution in [2.24, 2.45) is 0 Å². The molecule has 0 aliphatic heterocycles. The second kappa shape index (κ2) is 8.37. The second-order valence-corrected chi connectivity index (χ2v) is 8.03. The number of carbonyl (C=O) groups excluding carboxylic acids is 1. The maximum Gasteiger partial charge on any atom is 0.231 e. The van der Waals surface area contributed by atoms with Gasteiger partial charge in [0.1, 0.15) is 0 Å². The molecule has 0 bridgehead atoms. The Morgan fingerprint density at radius 2 is 1.78 bits per heavy atom. The van der Waals surface area contributed by atoms with Crippen LogP contribution in [0.25, 0.3) is 10.9 Å². The van der Waals surface area contributed by atoms with Crippen molar-refractivity contribution in [3.63, 3.8) is 0 Å². The number of thiophene rings is 1. The first-order valence-corrected chi connectivity index (χ1v) is 10.5. The molecule has 2 aromatic heterocycles. The van der Waals surface area contributed by atoms with Gasteiger partial charge in [0.05, 0.1) is 22.3 Å². The van der Waals surface area contributed by atoms with Gasteiger partial charge in [-0.25, -0.2) is 4.98 Å². The Bertz CT molecular complexity index is 1030. The van der Waals surface area contributed by atoms with Crippen molar-refractivity contribution in [2.45, 2.75) is 11.1 Å². The van der Waals surface area contributed by atoms with E-state index >= 15 is 0 Å². The van der Waals surface area contributed by atoms with Crippen LogP contribution in [0.2, 0.25) is 0 Å². The van der Waals surface area contributed by atoms with E-state index in [4.69, 9.17) is 0 Å². The predicted octanol–water partition coefficient (Wildman–Crippen LogP) is 5.29. The fraction of sp³-hybridized carbons (Fsp3) is 0.0909. The predicted molar refractivity (Wildman–Crippen MR) is 113 cm³/mol. The third kappa shape index (κ3) is 4.38. The Balaban J connectivity index is 1.45. The van der Waals surface area contributed by atoms with Crippen molar-refractivity contribution in [3.8, 4) is 0 Å². The van der Waals surface area contributed by atoms with Crippen LogP contribution >= 0.6 is 23.1 Å². The monoisotopic (exact) mass is 390 g/mol. The van der Waals surface area contributed by atoms with Gasteiger partial charge in [-0.05, 0) is 29.1 Å². The standard InChI is InChI=1S/C22H18N2OS2/c25-20(15-27-21-13-12-16-7-4-5-10-18(16)23-21)24-22(19-11-6-14-26-19)17-8-2-1-3-9-17/h1-14,22H,15H2,(H,24,25)/t22-/m1/s1. The highest BCUT2D eigenvalue weighted by Gasteiger charge is 2.17. The fourth-order valence-electron chi connectivity index (χ4n) is 2.89. The average molecular weight is 391 g/mol. The summed E-state index contributed by atoms with van der Waals surface area (Å²) in [4.78, 5) is 18.4. The Hall–Kier alpha value is -2.63. The summed E-state index contributed by atoms with van der Waals surface area (Å²) in [7, 11) is 0. The van der Waals surface area contributed by atoms with Crippen molar-refractivity contribution in [1.82, 2.24) is 10.3 Å². The molecule has 0 spiro atoms. The van der Waals surface area contributed by atoms with Crippen LogP contribution in [0.5, 0.6) is 0 Å². The molecule has 2 heterocycles. The first kappa shape index (κ1) is 17.8. The molecule has 3 nitrogen and oxygen atoms in total. The molecular formula is C22H18N2OS2. The summed E-state index contributed by atoms with van der Waals surface area (Å²) in [5, 5.41) is 7.16. The van der Waals surface area contributed by atoms with Crippen LogP contribution in [-0.4, -0.2) is 16.6 Å². The number of benzene rings is 2. The summed E-state index contributed by atoms with van der Waals surface area (Å²) < 4.78 is 0. The van der Waals surface area contributed by atoms with Gasteiger partial charge in [-0.15, -0.1) is 11.3 Å². The molecule has 27 heavy (non-hydrogen) atoms. The normalized spacial score (nSPS) is 12.0. The maximum absolute atomic E-state index is 12.6. The number of nitrogens with zero attached hydrogens (tertiary/aromatic N) is 1. The van der Waals surface area contributed by atoms with Crippen molar-refractivity contribution in [2.75, 3.05) is 5.75 Å². The quantitative estimate of drug-likeness (QED) is 0.455. The maximum atomic E-state index is 12.6. The van der Waals surface area contributed by atoms with E-state index in [0.29, 0.717) is 5.75 Å². The Labute approximate surface area is 166 Å². The molecule has 0 aliphatic rings. The molecule has 0 unspecified atom stereocenters. The lowest BCUT2D eigenvalue weighted by Crippen LogP contribution is -2.30. The molecule has 4 rings (SSSR count). The first-order chi connectivity index (χ1) is 13.3. The fourth-order valence-corrected chi connectivity index (χ4v) is 4.38. The molecule has 2 aromatic carbocycles. The van der Waals surface area contributed by atoms with Crippen molar-refractivity contribution < 1.29 is 4.79 Å². The Morgan fingerprint density at radius 3 is 2.59 bits per heavy atom. The van der Waals surface area contributed by atoms with E-state index in [1.165, 1.54) is 11.8 Å². The Morgan fingerprint density at radius 1 is 0.963 bits per heavy atom. The highest BCUT2D eigenvalue weighted by Crippen LogP contribution is 2.26. The van der Waals surface area contributed by atoms with Crippen molar-refractivity contribution in [3.05, 3.63) is 94.7 Å². The zero-order valence-corrected chi connectivity index (χ0v) is 16.2. The van der Waals surface area contributed by atoms with E-state index in [-0.39, 0.29) is 11.9 Å². The molecule has 0 saturated carbocycles. The molecule has 1 atom stereocenters. The van der Waals surface area contributed by atoms with E-state index in [0.717, 1.165) is 26.4 Å². The first-order valence-electron chi connectivity index (χ1n) is 8.66. The molecule has 0 fully saturated rings. The van der Waals surface area contributed by atoms with Crippen LogP contribution in [0.4, 0.5) is 0 Å².